The van der Waals surface area contributed by atoms with Crippen molar-refractivity contribution < 1.29 is 14.3 Å². The molecule has 0 saturated carbocycles. The zero-order chi connectivity index (χ0) is 11.5. The molecule has 1 saturated heterocycles. The molecule has 1 aromatic carbocycles. The summed E-state index contributed by atoms with van der Waals surface area (Å²) in [5.41, 5.74) is 1.15. The average molecular weight is 220 g/mol. The van der Waals surface area contributed by atoms with Crippen LogP contribution in [-0.4, -0.2) is 19.2 Å². The van der Waals surface area contributed by atoms with E-state index in [1.54, 1.807) is 7.11 Å². The lowest BCUT2D eigenvalue weighted by molar-refractivity contribution is -0.141. The number of benzene rings is 1. The van der Waals surface area contributed by atoms with Crippen LogP contribution >= 0.6 is 0 Å². The molecule has 3 heteroatoms. The SMILES string of the molecule is CC[C@@H]1OC(=O)C[C@H]1c1ccc(OC)cc1. The van der Waals surface area contributed by atoms with Crippen molar-refractivity contribution in [2.75, 3.05) is 7.11 Å². The minimum absolute atomic E-state index is 0.0286. The molecule has 1 fully saturated rings. The number of hydrogen-bond acceptors (Lipinski definition) is 3. The van der Waals surface area contributed by atoms with Crippen LogP contribution in [0.1, 0.15) is 31.2 Å². The molecule has 2 rings (SSSR count). The van der Waals surface area contributed by atoms with Crippen molar-refractivity contribution in [2.24, 2.45) is 0 Å². The van der Waals surface area contributed by atoms with Crippen molar-refractivity contribution in [3.8, 4) is 5.75 Å². The van der Waals surface area contributed by atoms with Crippen molar-refractivity contribution in [2.45, 2.75) is 31.8 Å². The molecule has 0 unspecified atom stereocenters. The third-order valence-corrected chi connectivity index (χ3v) is 3.06. The molecular weight excluding hydrogens is 204 g/mol. The Balaban J connectivity index is 2.19. The Kier molecular flexibility index (Phi) is 3.13. The number of rotatable bonds is 3. The highest BCUT2D eigenvalue weighted by atomic mass is 16.5. The lowest BCUT2D eigenvalue weighted by Gasteiger charge is -2.16. The first-order valence-electron chi connectivity index (χ1n) is 5.58. The Bertz CT molecular complexity index is 369. The van der Waals surface area contributed by atoms with Crippen LogP contribution in [0.25, 0.3) is 0 Å². The van der Waals surface area contributed by atoms with Gasteiger partial charge in [-0.25, -0.2) is 0 Å². The van der Waals surface area contributed by atoms with Gasteiger partial charge in [0.1, 0.15) is 11.9 Å². The zero-order valence-corrected chi connectivity index (χ0v) is 9.60. The van der Waals surface area contributed by atoms with E-state index in [-0.39, 0.29) is 18.0 Å². The normalized spacial score (nSPS) is 24.2. The lowest BCUT2D eigenvalue weighted by Crippen LogP contribution is -2.12. The molecule has 0 N–H and O–H groups in total. The summed E-state index contributed by atoms with van der Waals surface area (Å²) in [7, 11) is 1.64. The first kappa shape index (κ1) is 11.0. The van der Waals surface area contributed by atoms with E-state index in [9.17, 15) is 4.79 Å². The molecule has 0 radical (unpaired) electrons. The van der Waals surface area contributed by atoms with Gasteiger partial charge in [0, 0.05) is 5.92 Å². The van der Waals surface area contributed by atoms with E-state index in [0.29, 0.717) is 6.42 Å². The monoisotopic (exact) mass is 220 g/mol. The van der Waals surface area contributed by atoms with Gasteiger partial charge in [0.25, 0.3) is 0 Å². The molecule has 1 heterocycles. The predicted octanol–water partition coefficient (Wildman–Crippen LogP) is 2.50. The second-order valence-electron chi connectivity index (χ2n) is 4.02. The van der Waals surface area contributed by atoms with Crippen LogP contribution in [0.5, 0.6) is 5.75 Å². The van der Waals surface area contributed by atoms with Gasteiger partial charge in [-0.1, -0.05) is 19.1 Å². The summed E-state index contributed by atoms with van der Waals surface area (Å²) in [6, 6.07) is 7.86. The van der Waals surface area contributed by atoms with Crippen molar-refractivity contribution >= 4 is 5.97 Å². The topological polar surface area (TPSA) is 35.5 Å². The van der Waals surface area contributed by atoms with Crippen LogP contribution in [-0.2, 0) is 9.53 Å². The van der Waals surface area contributed by atoms with Gasteiger partial charge in [-0.2, -0.15) is 0 Å². The fraction of sp³-hybridized carbons (Fsp3) is 0.462. The molecule has 0 amide bonds. The summed E-state index contributed by atoms with van der Waals surface area (Å²) < 4.78 is 10.4. The van der Waals surface area contributed by atoms with Gasteiger partial charge in [0.15, 0.2) is 0 Å². The lowest BCUT2D eigenvalue weighted by atomic mass is 9.91. The molecule has 1 aliphatic rings. The molecular formula is C13H16O3. The molecule has 1 aromatic rings. The van der Waals surface area contributed by atoms with Crippen molar-refractivity contribution in [1.82, 2.24) is 0 Å². The summed E-state index contributed by atoms with van der Waals surface area (Å²) in [5.74, 6) is 0.943. The summed E-state index contributed by atoms with van der Waals surface area (Å²) >= 11 is 0. The molecule has 1 aliphatic heterocycles. The van der Waals surface area contributed by atoms with Gasteiger partial charge in [-0.3, -0.25) is 4.79 Å². The van der Waals surface area contributed by atoms with E-state index in [4.69, 9.17) is 9.47 Å². The van der Waals surface area contributed by atoms with Crippen molar-refractivity contribution in [3.63, 3.8) is 0 Å². The van der Waals surface area contributed by atoms with Gasteiger partial charge >= 0.3 is 5.97 Å². The number of methoxy groups -OCH3 is 1. The third-order valence-electron chi connectivity index (χ3n) is 3.06. The van der Waals surface area contributed by atoms with Crippen LogP contribution < -0.4 is 4.74 Å². The number of carbonyl (C=O) groups excluding carboxylic acids is 1. The highest BCUT2D eigenvalue weighted by Crippen LogP contribution is 2.34. The van der Waals surface area contributed by atoms with Gasteiger partial charge in [0.05, 0.1) is 13.5 Å². The maximum absolute atomic E-state index is 11.3. The number of ether oxygens (including phenoxy) is 2. The average Bonchev–Trinajstić information content (AvgIpc) is 2.70. The zero-order valence-electron chi connectivity index (χ0n) is 9.60. The predicted molar refractivity (Wildman–Crippen MR) is 60.5 cm³/mol. The van der Waals surface area contributed by atoms with E-state index in [1.807, 2.05) is 31.2 Å². The van der Waals surface area contributed by atoms with Crippen molar-refractivity contribution in [1.29, 1.82) is 0 Å². The third kappa shape index (κ3) is 2.03. The second kappa shape index (κ2) is 4.56. The van der Waals surface area contributed by atoms with E-state index in [1.165, 1.54) is 0 Å². The number of carbonyl (C=O) groups is 1. The Morgan fingerprint density at radius 2 is 2.06 bits per heavy atom. The highest BCUT2D eigenvalue weighted by Gasteiger charge is 2.34. The minimum atomic E-state index is -0.0901. The van der Waals surface area contributed by atoms with Gasteiger partial charge < -0.3 is 9.47 Å². The molecule has 0 spiro atoms. The van der Waals surface area contributed by atoms with E-state index in [2.05, 4.69) is 0 Å². The smallest absolute Gasteiger partial charge is 0.306 e. The summed E-state index contributed by atoms with van der Waals surface area (Å²) in [5, 5.41) is 0. The Hall–Kier alpha value is -1.51. The standard InChI is InChI=1S/C13H16O3/c1-3-12-11(8-13(14)16-12)9-4-6-10(15-2)7-5-9/h4-7,11-12H,3,8H2,1-2H3/t11-,12-/m0/s1. The van der Waals surface area contributed by atoms with Gasteiger partial charge in [-0.15, -0.1) is 0 Å². The Morgan fingerprint density at radius 1 is 1.38 bits per heavy atom. The fourth-order valence-corrected chi connectivity index (χ4v) is 2.16. The van der Waals surface area contributed by atoms with Gasteiger partial charge in [-0.05, 0) is 24.1 Å². The highest BCUT2D eigenvalue weighted by molar-refractivity contribution is 5.73. The quantitative estimate of drug-likeness (QED) is 0.734. The summed E-state index contributed by atoms with van der Waals surface area (Å²) in [6.07, 6.45) is 1.38. The van der Waals surface area contributed by atoms with Crippen LogP contribution in [0.2, 0.25) is 0 Å². The first-order valence-corrected chi connectivity index (χ1v) is 5.58. The van der Waals surface area contributed by atoms with E-state index < -0.39 is 0 Å². The van der Waals surface area contributed by atoms with E-state index >= 15 is 0 Å². The maximum atomic E-state index is 11.3. The van der Waals surface area contributed by atoms with Crippen molar-refractivity contribution in [3.05, 3.63) is 29.8 Å². The molecule has 2 atom stereocenters. The Labute approximate surface area is 95.4 Å². The summed E-state index contributed by atoms with van der Waals surface area (Å²) in [6.45, 7) is 2.04. The molecule has 16 heavy (non-hydrogen) atoms. The molecule has 0 aliphatic carbocycles. The Morgan fingerprint density at radius 3 is 2.62 bits per heavy atom. The van der Waals surface area contributed by atoms with Crippen LogP contribution in [0.3, 0.4) is 0 Å². The molecule has 0 aromatic heterocycles. The van der Waals surface area contributed by atoms with Gasteiger partial charge in [0.2, 0.25) is 0 Å². The van der Waals surface area contributed by atoms with Crippen LogP contribution in [0, 0.1) is 0 Å². The number of hydrogen-bond donors (Lipinski definition) is 0. The molecule has 86 valence electrons. The second-order valence-corrected chi connectivity index (χ2v) is 4.02. The van der Waals surface area contributed by atoms with Crippen LogP contribution in [0.15, 0.2) is 24.3 Å². The minimum Gasteiger partial charge on any atom is -0.497 e. The maximum Gasteiger partial charge on any atom is 0.306 e. The molecule has 3 nitrogen and oxygen atoms in total. The number of esters is 1. The largest absolute Gasteiger partial charge is 0.497 e. The van der Waals surface area contributed by atoms with Crippen LogP contribution in [0.4, 0.5) is 0 Å². The first-order chi connectivity index (χ1) is 7.74. The fourth-order valence-electron chi connectivity index (χ4n) is 2.16. The number of cyclic esters (lactones) is 1. The molecule has 0 bridgehead atoms. The summed E-state index contributed by atoms with van der Waals surface area (Å²) in [4.78, 5) is 11.3. The van der Waals surface area contributed by atoms with E-state index in [0.717, 1.165) is 17.7 Å².